The van der Waals surface area contributed by atoms with Gasteiger partial charge in [0.15, 0.2) is 11.5 Å². The lowest BCUT2D eigenvalue weighted by Crippen LogP contribution is -2.36. The van der Waals surface area contributed by atoms with E-state index in [1.165, 1.54) is 12.8 Å². The molecule has 208 valence electrons. The van der Waals surface area contributed by atoms with Crippen molar-refractivity contribution < 1.29 is 9.53 Å². The van der Waals surface area contributed by atoms with Crippen LogP contribution in [0.3, 0.4) is 0 Å². The van der Waals surface area contributed by atoms with Gasteiger partial charge < -0.3 is 29.7 Å². The summed E-state index contributed by atoms with van der Waals surface area (Å²) in [4.78, 5) is 31.5. The third kappa shape index (κ3) is 5.17. The van der Waals surface area contributed by atoms with Crippen molar-refractivity contribution in [3.63, 3.8) is 0 Å². The number of ether oxygens (including phenoxy) is 1. The van der Waals surface area contributed by atoms with Gasteiger partial charge >= 0.3 is 0 Å². The molecule has 1 fully saturated rings. The Bertz CT molecular complexity index is 1620. The van der Waals surface area contributed by atoms with E-state index in [9.17, 15) is 9.59 Å². The second kappa shape index (κ2) is 11.3. The molecule has 2 N–H and O–H groups in total. The van der Waals surface area contributed by atoms with Crippen LogP contribution in [0.5, 0.6) is 11.5 Å². The number of benzene rings is 3. The summed E-state index contributed by atoms with van der Waals surface area (Å²) in [6, 6.07) is 15.9. The summed E-state index contributed by atoms with van der Waals surface area (Å²) in [5.74, 6) is 0.970. The Balaban J connectivity index is 1.39. The zero-order valence-corrected chi connectivity index (χ0v) is 23.3. The highest BCUT2D eigenvalue weighted by molar-refractivity contribution is 6.01. The standard InChI is InChI=1S/C32H37N5O3/c1-35(2)15-6-5-13-33-26-12-11-24-29-31(26)40-28-20-23-10-4-3-9-22(23)19-27(28)37(29)21-25(30(24)38)32(39)34-14-18-36-16-7-8-17-36/h3-4,9-12,19-21,33H,5-8,13-18H2,1-2H3,(H,34,39). The van der Waals surface area contributed by atoms with E-state index in [4.69, 9.17) is 4.74 Å². The molecule has 40 heavy (non-hydrogen) atoms. The molecule has 8 heteroatoms. The van der Waals surface area contributed by atoms with E-state index >= 15 is 0 Å². The van der Waals surface area contributed by atoms with Gasteiger partial charge in [0.1, 0.15) is 11.1 Å². The van der Waals surface area contributed by atoms with E-state index in [0.29, 0.717) is 28.9 Å². The van der Waals surface area contributed by atoms with Crippen molar-refractivity contribution in [3.05, 3.63) is 70.5 Å². The van der Waals surface area contributed by atoms with Crippen molar-refractivity contribution in [2.45, 2.75) is 25.7 Å². The Hall–Kier alpha value is -3.88. The number of rotatable bonds is 10. The van der Waals surface area contributed by atoms with Crippen LogP contribution in [0.2, 0.25) is 0 Å². The van der Waals surface area contributed by atoms with Crippen LogP contribution in [0.15, 0.2) is 59.5 Å². The number of aromatic nitrogens is 1. The van der Waals surface area contributed by atoms with Crippen molar-refractivity contribution in [3.8, 4) is 17.2 Å². The number of fused-ring (bicyclic) bond motifs is 3. The average molecular weight is 540 g/mol. The highest BCUT2D eigenvalue weighted by atomic mass is 16.5. The molecule has 0 spiro atoms. The first-order chi connectivity index (χ1) is 19.5. The van der Waals surface area contributed by atoms with E-state index in [1.807, 2.05) is 34.9 Å². The fourth-order valence-corrected chi connectivity index (χ4v) is 5.78. The SMILES string of the molecule is CN(C)CCCCNc1ccc2c(=O)c(C(=O)NCCN3CCCC3)cn3c2c1Oc1cc2ccccc2cc1-3. The molecule has 0 bridgehead atoms. The number of unbranched alkanes of at least 4 members (excludes halogenated alkanes) is 1. The Morgan fingerprint density at radius 2 is 1.77 bits per heavy atom. The molecule has 0 saturated carbocycles. The van der Waals surface area contributed by atoms with Gasteiger partial charge in [0.05, 0.1) is 16.8 Å². The van der Waals surface area contributed by atoms with Crippen LogP contribution in [0.25, 0.3) is 27.4 Å². The minimum Gasteiger partial charge on any atom is -0.451 e. The van der Waals surface area contributed by atoms with Gasteiger partial charge in [0.25, 0.3) is 5.91 Å². The van der Waals surface area contributed by atoms with E-state index in [2.05, 4.69) is 52.7 Å². The molecule has 1 amide bonds. The lowest BCUT2D eigenvalue weighted by Gasteiger charge is -2.26. The molecule has 0 aliphatic carbocycles. The van der Waals surface area contributed by atoms with Gasteiger partial charge in [0, 0.05) is 25.8 Å². The topological polar surface area (TPSA) is 78.8 Å². The van der Waals surface area contributed by atoms with E-state index in [1.54, 1.807) is 6.20 Å². The lowest BCUT2D eigenvalue weighted by molar-refractivity contribution is 0.0948. The molecule has 0 unspecified atom stereocenters. The van der Waals surface area contributed by atoms with Crippen molar-refractivity contribution in [1.82, 2.24) is 19.7 Å². The second-order valence-corrected chi connectivity index (χ2v) is 11.1. The van der Waals surface area contributed by atoms with Gasteiger partial charge in [-0.2, -0.15) is 0 Å². The molecule has 6 rings (SSSR count). The van der Waals surface area contributed by atoms with Gasteiger partial charge in [-0.05, 0) is 94.5 Å². The fraction of sp³-hybridized carbons (Fsp3) is 0.375. The molecule has 4 aromatic rings. The molecule has 0 atom stereocenters. The number of likely N-dealkylation sites (tertiary alicyclic amines) is 1. The van der Waals surface area contributed by atoms with Crippen molar-refractivity contribution in [1.29, 1.82) is 0 Å². The molecule has 0 radical (unpaired) electrons. The van der Waals surface area contributed by atoms with Crippen molar-refractivity contribution >= 4 is 33.3 Å². The summed E-state index contributed by atoms with van der Waals surface area (Å²) in [6.07, 6.45) is 6.19. The smallest absolute Gasteiger partial charge is 0.256 e. The Morgan fingerprint density at radius 3 is 2.55 bits per heavy atom. The summed E-state index contributed by atoms with van der Waals surface area (Å²) >= 11 is 0. The van der Waals surface area contributed by atoms with Gasteiger partial charge in [-0.15, -0.1) is 0 Å². The van der Waals surface area contributed by atoms with Crippen LogP contribution in [-0.2, 0) is 0 Å². The molecule has 8 nitrogen and oxygen atoms in total. The summed E-state index contributed by atoms with van der Waals surface area (Å²) in [5, 5.41) is 9.11. The van der Waals surface area contributed by atoms with Gasteiger partial charge in [-0.1, -0.05) is 24.3 Å². The summed E-state index contributed by atoms with van der Waals surface area (Å²) in [7, 11) is 4.16. The first kappa shape index (κ1) is 26.3. The number of nitrogens with zero attached hydrogens (tertiary/aromatic N) is 3. The van der Waals surface area contributed by atoms with Crippen LogP contribution in [-0.4, -0.2) is 73.6 Å². The number of carbonyl (C=O) groups excluding carboxylic acids is 1. The van der Waals surface area contributed by atoms with Gasteiger partial charge in [-0.3, -0.25) is 9.59 Å². The number of amides is 1. The van der Waals surface area contributed by atoms with Crippen LogP contribution in [0.4, 0.5) is 5.69 Å². The quantitative estimate of drug-likeness (QED) is 0.248. The maximum atomic E-state index is 13.7. The fourth-order valence-electron chi connectivity index (χ4n) is 5.78. The van der Waals surface area contributed by atoms with Gasteiger partial charge in [0.2, 0.25) is 5.43 Å². The summed E-state index contributed by atoms with van der Waals surface area (Å²) < 4.78 is 8.49. The predicted octanol–water partition coefficient (Wildman–Crippen LogP) is 4.83. The summed E-state index contributed by atoms with van der Waals surface area (Å²) in [6.45, 7) is 5.27. The first-order valence-corrected chi connectivity index (χ1v) is 14.3. The number of carbonyl (C=O) groups is 1. The Kier molecular flexibility index (Phi) is 7.45. The first-order valence-electron chi connectivity index (χ1n) is 14.3. The van der Waals surface area contributed by atoms with E-state index < -0.39 is 0 Å². The van der Waals surface area contributed by atoms with Crippen LogP contribution >= 0.6 is 0 Å². The zero-order chi connectivity index (χ0) is 27.6. The molecule has 3 heterocycles. The average Bonchev–Trinajstić information content (AvgIpc) is 3.47. The Morgan fingerprint density at radius 1 is 1.00 bits per heavy atom. The number of anilines is 1. The van der Waals surface area contributed by atoms with Crippen molar-refractivity contribution in [2.24, 2.45) is 0 Å². The van der Waals surface area contributed by atoms with Crippen molar-refractivity contribution in [2.75, 3.05) is 58.7 Å². The number of hydrogen-bond acceptors (Lipinski definition) is 6. The largest absolute Gasteiger partial charge is 0.451 e. The normalized spacial score (nSPS) is 14.5. The van der Waals surface area contributed by atoms with E-state index in [-0.39, 0.29) is 16.9 Å². The van der Waals surface area contributed by atoms with E-state index in [0.717, 1.165) is 67.7 Å². The minimum absolute atomic E-state index is 0.144. The molecule has 1 aromatic heterocycles. The number of hydrogen-bond donors (Lipinski definition) is 2. The van der Waals surface area contributed by atoms with Gasteiger partial charge in [-0.25, -0.2) is 0 Å². The predicted molar refractivity (Wildman–Crippen MR) is 161 cm³/mol. The molecular weight excluding hydrogens is 502 g/mol. The molecule has 3 aromatic carbocycles. The molecule has 1 saturated heterocycles. The van der Waals surface area contributed by atoms with Crippen LogP contribution in [0, 0.1) is 0 Å². The maximum absolute atomic E-state index is 13.7. The number of nitrogens with one attached hydrogen (secondary N) is 2. The second-order valence-electron chi connectivity index (χ2n) is 11.1. The third-order valence-corrected chi connectivity index (χ3v) is 7.92. The number of pyridine rings is 1. The zero-order valence-electron chi connectivity index (χ0n) is 23.3. The lowest BCUT2D eigenvalue weighted by atomic mass is 10.0. The molecular formula is C32H37N5O3. The highest BCUT2D eigenvalue weighted by Gasteiger charge is 2.26. The minimum atomic E-state index is -0.340. The van der Waals surface area contributed by atoms with Crippen LogP contribution in [0.1, 0.15) is 36.0 Å². The third-order valence-electron chi connectivity index (χ3n) is 7.92. The molecule has 2 aliphatic heterocycles. The maximum Gasteiger partial charge on any atom is 0.256 e. The molecule has 2 aliphatic rings. The summed E-state index contributed by atoms with van der Waals surface area (Å²) in [5.41, 5.74) is 2.19. The monoisotopic (exact) mass is 539 g/mol. The highest BCUT2D eigenvalue weighted by Crippen LogP contribution is 2.45. The Labute approximate surface area is 234 Å². The van der Waals surface area contributed by atoms with Crippen LogP contribution < -0.4 is 20.8 Å².